The third-order valence-electron chi connectivity index (χ3n) is 3.41. The molecule has 0 aliphatic carbocycles. The molecule has 2 aromatic carbocycles. The molecular formula is C18H13ClINO3. The summed E-state index contributed by atoms with van der Waals surface area (Å²) in [5.41, 5.74) is 1.84. The van der Waals surface area contributed by atoms with E-state index in [-0.39, 0.29) is 12.5 Å². The quantitative estimate of drug-likeness (QED) is 0.550. The fourth-order valence-corrected chi connectivity index (χ4v) is 2.77. The number of amides is 1. The van der Waals surface area contributed by atoms with Crippen LogP contribution in [0.5, 0.6) is 0 Å². The van der Waals surface area contributed by atoms with Crippen molar-refractivity contribution in [2.24, 2.45) is 0 Å². The summed E-state index contributed by atoms with van der Waals surface area (Å²) in [7, 11) is 0. The molecule has 1 aromatic heterocycles. The van der Waals surface area contributed by atoms with Crippen LogP contribution in [0.25, 0.3) is 11.3 Å². The van der Waals surface area contributed by atoms with Crippen LogP contribution in [-0.2, 0) is 6.61 Å². The minimum Gasteiger partial charge on any atom is -0.459 e. The van der Waals surface area contributed by atoms with Crippen LogP contribution in [-0.4, -0.2) is 11.0 Å². The first-order valence-electron chi connectivity index (χ1n) is 7.13. The maximum absolute atomic E-state index is 12.3. The third kappa shape index (κ3) is 3.80. The van der Waals surface area contributed by atoms with Crippen LogP contribution in [0.2, 0.25) is 5.02 Å². The Kier molecular flexibility index (Phi) is 5.23. The molecule has 0 aliphatic heterocycles. The minimum atomic E-state index is -0.199. The lowest BCUT2D eigenvalue weighted by Crippen LogP contribution is -2.11. The molecule has 0 unspecified atom stereocenters. The Morgan fingerprint density at radius 1 is 1.12 bits per heavy atom. The predicted molar refractivity (Wildman–Crippen MR) is 102 cm³/mol. The van der Waals surface area contributed by atoms with Gasteiger partial charge in [-0.25, -0.2) is 0 Å². The molecule has 2 N–H and O–H groups in total. The highest BCUT2D eigenvalue weighted by Gasteiger charge is 2.12. The molecule has 3 rings (SSSR count). The van der Waals surface area contributed by atoms with Crippen molar-refractivity contribution in [3.63, 3.8) is 0 Å². The maximum atomic E-state index is 12.3. The van der Waals surface area contributed by atoms with Crippen molar-refractivity contribution in [2.45, 2.75) is 6.61 Å². The molecule has 1 heterocycles. The molecule has 24 heavy (non-hydrogen) atoms. The van der Waals surface area contributed by atoms with Gasteiger partial charge in [0.25, 0.3) is 5.91 Å². The van der Waals surface area contributed by atoms with Crippen molar-refractivity contribution in [1.82, 2.24) is 0 Å². The average molecular weight is 454 g/mol. The summed E-state index contributed by atoms with van der Waals surface area (Å²) in [5, 5.41) is 12.4. The Hall–Kier alpha value is -1.83. The second-order valence-corrected chi connectivity index (χ2v) is 6.73. The predicted octanol–water partition coefficient (Wildman–Crippen LogP) is 4.95. The fourth-order valence-electron chi connectivity index (χ4n) is 2.20. The average Bonchev–Trinajstić information content (AvgIpc) is 3.06. The largest absolute Gasteiger partial charge is 0.459 e. The summed E-state index contributed by atoms with van der Waals surface area (Å²) in [4.78, 5) is 12.3. The van der Waals surface area contributed by atoms with Gasteiger partial charge in [0.2, 0.25) is 0 Å². The lowest BCUT2D eigenvalue weighted by Gasteiger charge is -2.08. The van der Waals surface area contributed by atoms with Crippen LogP contribution in [0.1, 0.15) is 16.1 Å². The molecule has 3 aromatic rings. The molecular weight excluding hydrogens is 441 g/mol. The number of furan rings is 1. The third-order valence-corrected chi connectivity index (χ3v) is 4.46. The lowest BCUT2D eigenvalue weighted by atomic mass is 10.1. The van der Waals surface area contributed by atoms with E-state index in [1.807, 2.05) is 12.1 Å². The Labute approximate surface area is 157 Å². The summed E-state index contributed by atoms with van der Waals surface area (Å²) in [5.74, 6) is 0.791. The monoisotopic (exact) mass is 453 g/mol. The first-order chi connectivity index (χ1) is 11.6. The number of carbonyl (C=O) groups excluding carboxylic acids is 1. The van der Waals surface area contributed by atoms with E-state index >= 15 is 0 Å². The highest BCUT2D eigenvalue weighted by atomic mass is 127. The highest BCUT2D eigenvalue weighted by molar-refractivity contribution is 14.1. The Morgan fingerprint density at radius 2 is 1.88 bits per heavy atom. The molecule has 0 aliphatic rings. The summed E-state index contributed by atoms with van der Waals surface area (Å²) in [6.45, 7) is -0.180. The van der Waals surface area contributed by atoms with Crippen molar-refractivity contribution in [3.8, 4) is 11.3 Å². The second kappa shape index (κ2) is 7.38. The summed E-state index contributed by atoms with van der Waals surface area (Å²) in [6.07, 6.45) is 0. The van der Waals surface area contributed by atoms with Gasteiger partial charge in [-0.15, -0.1) is 0 Å². The van der Waals surface area contributed by atoms with Gasteiger partial charge in [-0.05, 0) is 77.2 Å². The zero-order valence-corrected chi connectivity index (χ0v) is 15.3. The van der Waals surface area contributed by atoms with Crippen molar-refractivity contribution in [3.05, 3.63) is 74.5 Å². The number of aliphatic hydroxyl groups is 1. The topological polar surface area (TPSA) is 62.5 Å². The first-order valence-corrected chi connectivity index (χ1v) is 8.59. The molecule has 0 saturated heterocycles. The number of hydrogen-bond acceptors (Lipinski definition) is 3. The summed E-state index contributed by atoms with van der Waals surface area (Å²) in [6, 6.07) is 15.9. The SMILES string of the molecule is O=C(Nc1ccc(Cl)c(-c2ccc(CO)o2)c1)c1ccc(I)cc1. The van der Waals surface area contributed by atoms with E-state index in [2.05, 4.69) is 27.9 Å². The number of nitrogens with one attached hydrogen (secondary N) is 1. The number of halogens is 2. The van der Waals surface area contributed by atoms with Gasteiger partial charge in [-0.2, -0.15) is 0 Å². The number of aliphatic hydroxyl groups excluding tert-OH is 1. The number of carbonyl (C=O) groups is 1. The Bertz CT molecular complexity index is 874. The van der Waals surface area contributed by atoms with Crippen LogP contribution >= 0.6 is 34.2 Å². The standard InChI is InChI=1S/C18H13ClINO3/c19-16-7-5-13(9-15(16)17-8-6-14(10-22)24-17)21-18(23)11-1-3-12(20)4-2-11/h1-9,22H,10H2,(H,21,23). The van der Waals surface area contributed by atoms with Gasteiger partial charge < -0.3 is 14.8 Å². The number of rotatable bonds is 4. The summed E-state index contributed by atoms with van der Waals surface area (Å²) < 4.78 is 6.57. The number of benzene rings is 2. The molecule has 4 nitrogen and oxygen atoms in total. The van der Waals surface area contributed by atoms with Crippen molar-refractivity contribution in [2.75, 3.05) is 5.32 Å². The van der Waals surface area contributed by atoms with Crippen molar-refractivity contribution in [1.29, 1.82) is 0 Å². The zero-order valence-electron chi connectivity index (χ0n) is 12.4. The first kappa shape index (κ1) is 17.0. The molecule has 0 fully saturated rings. The van der Waals surface area contributed by atoms with Crippen molar-refractivity contribution >= 4 is 45.8 Å². The van der Waals surface area contributed by atoms with Crippen LogP contribution < -0.4 is 5.32 Å². The molecule has 0 saturated carbocycles. The molecule has 0 atom stereocenters. The van der Waals surface area contributed by atoms with Crippen LogP contribution in [0.15, 0.2) is 59.0 Å². The zero-order chi connectivity index (χ0) is 17.1. The van der Waals surface area contributed by atoms with Gasteiger partial charge in [0.15, 0.2) is 0 Å². The fraction of sp³-hybridized carbons (Fsp3) is 0.0556. The number of hydrogen-bond donors (Lipinski definition) is 2. The Morgan fingerprint density at radius 3 is 2.54 bits per heavy atom. The van der Waals surface area contributed by atoms with E-state index in [4.69, 9.17) is 21.1 Å². The van der Waals surface area contributed by atoms with E-state index in [1.165, 1.54) is 0 Å². The summed E-state index contributed by atoms with van der Waals surface area (Å²) >= 11 is 8.41. The second-order valence-electron chi connectivity index (χ2n) is 5.08. The molecule has 0 bridgehead atoms. The molecule has 1 amide bonds. The van der Waals surface area contributed by atoms with Gasteiger partial charge in [0.05, 0.1) is 5.02 Å². The van der Waals surface area contributed by atoms with E-state index in [0.717, 1.165) is 3.57 Å². The lowest BCUT2D eigenvalue weighted by molar-refractivity contribution is 0.102. The van der Waals surface area contributed by atoms with Gasteiger partial charge in [0, 0.05) is 20.4 Å². The molecule has 122 valence electrons. The van der Waals surface area contributed by atoms with E-state index in [0.29, 0.717) is 33.4 Å². The maximum Gasteiger partial charge on any atom is 0.255 e. The highest BCUT2D eigenvalue weighted by Crippen LogP contribution is 2.32. The van der Waals surface area contributed by atoms with Crippen LogP contribution in [0, 0.1) is 3.57 Å². The molecule has 0 radical (unpaired) electrons. The van der Waals surface area contributed by atoms with E-state index in [1.54, 1.807) is 42.5 Å². The van der Waals surface area contributed by atoms with Gasteiger partial charge in [-0.3, -0.25) is 4.79 Å². The van der Waals surface area contributed by atoms with Crippen LogP contribution in [0.4, 0.5) is 5.69 Å². The van der Waals surface area contributed by atoms with Gasteiger partial charge in [-0.1, -0.05) is 11.6 Å². The molecule has 6 heteroatoms. The normalized spacial score (nSPS) is 10.6. The van der Waals surface area contributed by atoms with E-state index < -0.39 is 0 Å². The molecule has 0 spiro atoms. The van der Waals surface area contributed by atoms with Crippen molar-refractivity contribution < 1.29 is 14.3 Å². The smallest absolute Gasteiger partial charge is 0.255 e. The van der Waals surface area contributed by atoms with Gasteiger partial charge in [0.1, 0.15) is 18.1 Å². The Balaban J connectivity index is 1.85. The van der Waals surface area contributed by atoms with Crippen LogP contribution in [0.3, 0.4) is 0 Å². The van der Waals surface area contributed by atoms with E-state index in [9.17, 15) is 4.79 Å². The minimum absolute atomic E-state index is 0.180. The van der Waals surface area contributed by atoms with Gasteiger partial charge >= 0.3 is 0 Å². The number of anilines is 1.